The van der Waals surface area contributed by atoms with Gasteiger partial charge in [-0.2, -0.15) is 0 Å². The number of hydrogen-bond donors (Lipinski definition) is 1. The Morgan fingerprint density at radius 3 is 2.63 bits per heavy atom. The number of carboxylic acid groups (broad SMARTS) is 1. The van der Waals surface area contributed by atoms with Crippen LogP contribution in [-0.4, -0.2) is 29.8 Å². The molecule has 0 aliphatic carbocycles. The van der Waals surface area contributed by atoms with Crippen molar-refractivity contribution in [1.29, 1.82) is 0 Å². The number of halogens is 1. The number of hydrogen-bond acceptors (Lipinski definition) is 3. The van der Waals surface area contributed by atoms with E-state index in [2.05, 4.69) is 0 Å². The maximum Gasteiger partial charge on any atom is 0.323 e. The van der Waals surface area contributed by atoms with Gasteiger partial charge in [-0.1, -0.05) is 26.0 Å². The number of aromatic nitrogens is 1. The van der Waals surface area contributed by atoms with Crippen LogP contribution in [0.25, 0.3) is 10.9 Å². The molecular formula is C23H24FNO4S. The van der Waals surface area contributed by atoms with E-state index in [4.69, 9.17) is 0 Å². The van der Waals surface area contributed by atoms with Gasteiger partial charge in [-0.25, -0.2) is 12.8 Å². The molecule has 30 heavy (non-hydrogen) atoms. The molecule has 1 aromatic heterocycles. The van der Waals surface area contributed by atoms with Crippen LogP contribution in [0.5, 0.6) is 0 Å². The molecule has 0 atom stereocenters. The first-order chi connectivity index (χ1) is 14.0. The van der Waals surface area contributed by atoms with Crippen molar-refractivity contribution in [3.8, 4) is 0 Å². The Morgan fingerprint density at radius 1 is 1.20 bits per heavy atom. The average molecular weight is 430 g/mol. The minimum Gasteiger partial charge on any atom is -0.480 e. The Hall–Kier alpha value is -2.67. The van der Waals surface area contributed by atoms with E-state index in [1.165, 1.54) is 12.1 Å². The van der Waals surface area contributed by atoms with Gasteiger partial charge in [0.25, 0.3) is 0 Å². The van der Waals surface area contributed by atoms with Gasteiger partial charge in [0.15, 0.2) is 9.84 Å². The van der Waals surface area contributed by atoms with E-state index in [9.17, 15) is 22.7 Å². The van der Waals surface area contributed by atoms with Crippen molar-refractivity contribution in [2.24, 2.45) is 0 Å². The van der Waals surface area contributed by atoms with Crippen LogP contribution in [0.15, 0.2) is 41.3 Å². The molecule has 0 saturated heterocycles. The Balaban J connectivity index is 1.85. The molecule has 4 rings (SSSR count). The van der Waals surface area contributed by atoms with E-state index < -0.39 is 15.8 Å². The molecule has 7 heteroatoms. The first kappa shape index (κ1) is 20.6. The minimum absolute atomic E-state index is 0.146. The fourth-order valence-corrected chi connectivity index (χ4v) is 6.36. The second kappa shape index (κ2) is 6.94. The van der Waals surface area contributed by atoms with Crippen LogP contribution in [0.2, 0.25) is 0 Å². The van der Waals surface area contributed by atoms with E-state index in [0.717, 1.165) is 22.4 Å². The number of aliphatic carboxylic acids is 1. The quantitative estimate of drug-likeness (QED) is 0.674. The number of fused-ring (bicyclic) bond motifs is 2. The average Bonchev–Trinajstić information content (AvgIpc) is 2.90. The van der Waals surface area contributed by atoms with Crippen LogP contribution in [0.3, 0.4) is 0 Å². The van der Waals surface area contributed by atoms with Gasteiger partial charge in [0.2, 0.25) is 0 Å². The van der Waals surface area contributed by atoms with E-state index in [-0.39, 0.29) is 23.5 Å². The second-order valence-electron chi connectivity index (χ2n) is 8.67. The standard InChI is InChI=1S/C23H24FNO4S/c1-14-17(18-12-16(24)5-6-20(18)25(14)13-22(26)27)10-15-4-7-21-19(11-15)23(2,3)8-9-30(21,28)29/h4-7,11-12H,8-10,13H2,1-3H3,(H,26,27). The summed E-state index contributed by atoms with van der Waals surface area (Å²) in [5.41, 5.74) is 3.76. The van der Waals surface area contributed by atoms with Crippen molar-refractivity contribution in [1.82, 2.24) is 4.57 Å². The third-order valence-corrected chi connectivity index (χ3v) is 7.96. The molecule has 1 aliphatic rings. The third kappa shape index (κ3) is 3.41. The Labute approximate surface area is 175 Å². The summed E-state index contributed by atoms with van der Waals surface area (Å²) in [5.74, 6) is -1.20. The zero-order valence-corrected chi connectivity index (χ0v) is 18.0. The van der Waals surface area contributed by atoms with Crippen LogP contribution in [0, 0.1) is 12.7 Å². The van der Waals surface area contributed by atoms with Gasteiger partial charge >= 0.3 is 5.97 Å². The molecule has 2 aromatic carbocycles. The maximum absolute atomic E-state index is 14.0. The van der Waals surface area contributed by atoms with Crippen LogP contribution in [-0.2, 0) is 33.0 Å². The van der Waals surface area contributed by atoms with Crippen LogP contribution >= 0.6 is 0 Å². The van der Waals surface area contributed by atoms with Crippen molar-refractivity contribution in [3.05, 3.63) is 64.6 Å². The maximum atomic E-state index is 14.0. The molecule has 0 amide bonds. The molecule has 0 radical (unpaired) electrons. The van der Waals surface area contributed by atoms with Gasteiger partial charge in [0, 0.05) is 16.6 Å². The first-order valence-electron chi connectivity index (χ1n) is 9.85. The number of rotatable bonds is 4. The lowest BCUT2D eigenvalue weighted by molar-refractivity contribution is -0.137. The topological polar surface area (TPSA) is 76.4 Å². The summed E-state index contributed by atoms with van der Waals surface area (Å²) in [6, 6.07) is 9.78. The Morgan fingerprint density at radius 2 is 1.93 bits per heavy atom. The van der Waals surface area contributed by atoms with E-state index in [1.54, 1.807) is 22.8 Å². The molecule has 5 nitrogen and oxygen atoms in total. The van der Waals surface area contributed by atoms with Gasteiger partial charge < -0.3 is 9.67 Å². The van der Waals surface area contributed by atoms with Crippen LogP contribution in [0.4, 0.5) is 4.39 Å². The number of carboxylic acids is 1. The van der Waals surface area contributed by atoms with Gasteiger partial charge in [0.1, 0.15) is 12.4 Å². The normalized spacial score (nSPS) is 17.1. The summed E-state index contributed by atoms with van der Waals surface area (Å²) in [6.45, 7) is 5.72. The molecule has 3 aromatic rings. The monoisotopic (exact) mass is 429 g/mol. The largest absolute Gasteiger partial charge is 0.480 e. The summed E-state index contributed by atoms with van der Waals surface area (Å²) < 4.78 is 40.7. The predicted octanol–water partition coefficient (Wildman–Crippen LogP) is 4.22. The van der Waals surface area contributed by atoms with Crippen LogP contribution < -0.4 is 0 Å². The van der Waals surface area contributed by atoms with Gasteiger partial charge in [-0.15, -0.1) is 0 Å². The molecule has 0 bridgehead atoms. The van der Waals surface area contributed by atoms with Crippen molar-refractivity contribution in [2.75, 3.05) is 5.75 Å². The number of benzene rings is 2. The minimum atomic E-state index is -3.28. The highest BCUT2D eigenvalue weighted by Crippen LogP contribution is 2.39. The smallest absolute Gasteiger partial charge is 0.323 e. The van der Waals surface area contributed by atoms with Crippen molar-refractivity contribution in [2.45, 2.75) is 50.5 Å². The summed E-state index contributed by atoms with van der Waals surface area (Å²) in [6.07, 6.45) is 1.02. The summed E-state index contributed by atoms with van der Waals surface area (Å²) in [5, 5.41) is 9.97. The third-order valence-electron chi connectivity index (χ3n) is 6.19. The molecule has 0 fully saturated rings. The van der Waals surface area contributed by atoms with Gasteiger partial charge in [0.05, 0.1) is 10.6 Å². The fourth-order valence-electron chi connectivity index (χ4n) is 4.41. The number of sulfone groups is 1. The lowest BCUT2D eigenvalue weighted by Crippen LogP contribution is -2.30. The van der Waals surface area contributed by atoms with Gasteiger partial charge in [-0.05, 0) is 66.1 Å². The lowest BCUT2D eigenvalue weighted by atomic mass is 9.80. The molecule has 1 aliphatic heterocycles. The molecule has 0 spiro atoms. The van der Waals surface area contributed by atoms with E-state index in [0.29, 0.717) is 28.6 Å². The molecule has 0 saturated carbocycles. The summed E-state index contributed by atoms with van der Waals surface area (Å²) in [7, 11) is -3.28. The van der Waals surface area contributed by atoms with Crippen molar-refractivity contribution < 1.29 is 22.7 Å². The van der Waals surface area contributed by atoms with E-state index >= 15 is 0 Å². The van der Waals surface area contributed by atoms with Crippen LogP contribution in [0.1, 0.15) is 42.7 Å². The highest BCUT2D eigenvalue weighted by atomic mass is 32.2. The molecule has 0 unspecified atom stereocenters. The Kier molecular flexibility index (Phi) is 4.77. The SMILES string of the molecule is Cc1c(Cc2ccc3c(c2)C(C)(C)CCS3(=O)=O)c2cc(F)ccc2n1CC(=O)O. The molecule has 158 valence electrons. The fraction of sp³-hybridized carbons (Fsp3) is 0.348. The number of carbonyl (C=O) groups is 1. The molecule has 1 N–H and O–H groups in total. The van der Waals surface area contributed by atoms with Crippen molar-refractivity contribution in [3.63, 3.8) is 0 Å². The second-order valence-corrected chi connectivity index (χ2v) is 10.7. The number of nitrogens with zero attached hydrogens (tertiary/aromatic N) is 1. The zero-order chi connectivity index (χ0) is 21.8. The lowest BCUT2D eigenvalue weighted by Gasteiger charge is -2.32. The Bertz CT molecular complexity index is 1290. The van der Waals surface area contributed by atoms with Crippen molar-refractivity contribution >= 4 is 26.7 Å². The molecular weight excluding hydrogens is 405 g/mol. The highest BCUT2D eigenvalue weighted by molar-refractivity contribution is 7.91. The first-order valence-corrected chi connectivity index (χ1v) is 11.5. The van der Waals surface area contributed by atoms with E-state index in [1.807, 2.05) is 26.8 Å². The summed E-state index contributed by atoms with van der Waals surface area (Å²) in [4.78, 5) is 11.7. The predicted molar refractivity (Wildman–Crippen MR) is 113 cm³/mol. The summed E-state index contributed by atoms with van der Waals surface area (Å²) >= 11 is 0. The van der Waals surface area contributed by atoms with Gasteiger partial charge in [-0.3, -0.25) is 4.79 Å². The molecule has 2 heterocycles. The highest BCUT2D eigenvalue weighted by Gasteiger charge is 2.35. The zero-order valence-electron chi connectivity index (χ0n) is 17.2.